The summed E-state index contributed by atoms with van der Waals surface area (Å²) in [6.07, 6.45) is 0.834. The van der Waals surface area contributed by atoms with E-state index in [1.54, 1.807) is 6.07 Å². The Kier molecular flexibility index (Phi) is 5.93. The normalized spacial score (nSPS) is 18.9. The van der Waals surface area contributed by atoms with E-state index in [1.165, 1.54) is 0 Å². The Bertz CT molecular complexity index is 480. The van der Waals surface area contributed by atoms with Gasteiger partial charge in [-0.15, -0.1) is 0 Å². The summed E-state index contributed by atoms with van der Waals surface area (Å²) in [6, 6.07) is 7.35. The Morgan fingerprint density at radius 2 is 1.65 bits per heavy atom. The van der Waals surface area contributed by atoms with Gasteiger partial charge >= 0.3 is 34.9 Å². The average Bonchev–Trinajstić information content (AvgIpc) is 2.59. The van der Waals surface area contributed by atoms with Crippen molar-refractivity contribution in [2.24, 2.45) is 3.72 Å². The summed E-state index contributed by atoms with van der Waals surface area (Å²) in [5, 5.41) is 0. The molecule has 1 fully saturated rings. The molecule has 4 nitrogen and oxygen atoms in total. The first-order valence-corrected chi connectivity index (χ1v) is 7.43. The first kappa shape index (κ1) is 17.3. The standard InChI is InChI=1S/C13H17BO3.FN.W/c1-12(2)13(3,4)17-14(16-12)11-8-6-5-7-10(11)9-15;1-2;/h5-9H,1-4H3;;. The topological polar surface area (TPSA) is 47.9 Å². The molecule has 1 aliphatic heterocycles. The number of carbonyl (C=O) groups is 1. The molecule has 0 saturated carbocycles. The Morgan fingerprint density at radius 1 is 1.20 bits per heavy atom. The van der Waals surface area contributed by atoms with E-state index in [9.17, 15) is 9.28 Å². The molecule has 0 bridgehead atoms. The predicted molar refractivity (Wildman–Crippen MR) is 71.1 cm³/mol. The van der Waals surface area contributed by atoms with Gasteiger partial charge in [-0.05, 0) is 33.2 Å². The van der Waals surface area contributed by atoms with Crippen LogP contribution in [-0.4, -0.2) is 24.6 Å². The second-order valence-corrected chi connectivity index (χ2v) is 5.90. The van der Waals surface area contributed by atoms with Crippen LogP contribution >= 0.6 is 0 Å². The quantitative estimate of drug-likeness (QED) is 0.515. The molecular weight excluding hydrogens is 432 g/mol. The Balaban J connectivity index is 0.000000612. The number of nitrogens with zero attached hydrogens (tertiary/aromatic N) is 1. The molecule has 108 valence electrons. The molecule has 1 heterocycles. The number of rotatable bonds is 2. The second kappa shape index (κ2) is 6.83. The van der Waals surface area contributed by atoms with Crippen molar-refractivity contribution < 1.29 is 38.2 Å². The first-order chi connectivity index (χ1) is 9.29. The van der Waals surface area contributed by atoms with Crippen molar-refractivity contribution in [1.29, 1.82) is 0 Å². The molecule has 7 heteroatoms. The van der Waals surface area contributed by atoms with E-state index in [0.29, 0.717) is 25.2 Å². The fourth-order valence-electron chi connectivity index (χ4n) is 1.80. The van der Waals surface area contributed by atoms with Gasteiger partial charge in [-0.25, -0.2) is 0 Å². The van der Waals surface area contributed by atoms with Gasteiger partial charge < -0.3 is 9.31 Å². The minimum absolute atomic E-state index is 0.381. The first-order valence-electron chi connectivity index (χ1n) is 6.12. The van der Waals surface area contributed by atoms with E-state index in [4.69, 9.17) is 9.31 Å². The molecular formula is C13H17BFNO3W. The third-order valence-corrected chi connectivity index (χ3v) is 3.63. The van der Waals surface area contributed by atoms with Crippen LogP contribution in [0, 0.1) is 0 Å². The van der Waals surface area contributed by atoms with Gasteiger partial charge in [0.05, 0.1) is 11.2 Å². The van der Waals surface area contributed by atoms with Crippen molar-refractivity contribution >= 4 is 18.9 Å². The monoisotopic (exact) mass is 449 g/mol. The van der Waals surface area contributed by atoms with E-state index in [2.05, 4.69) is 3.72 Å². The third-order valence-electron chi connectivity index (χ3n) is 3.63. The van der Waals surface area contributed by atoms with Crippen molar-refractivity contribution in [1.82, 2.24) is 0 Å². The van der Waals surface area contributed by atoms with Gasteiger partial charge in [0.2, 0.25) is 0 Å². The predicted octanol–water partition coefficient (Wildman–Crippen LogP) is 2.40. The van der Waals surface area contributed by atoms with Gasteiger partial charge in [0.1, 0.15) is 6.29 Å². The van der Waals surface area contributed by atoms with Crippen molar-refractivity contribution in [2.45, 2.75) is 38.9 Å². The van der Waals surface area contributed by atoms with E-state index < -0.39 is 7.12 Å². The van der Waals surface area contributed by atoms with Crippen LogP contribution < -0.4 is 5.46 Å². The Morgan fingerprint density at radius 3 is 2.10 bits per heavy atom. The number of halogens is 1. The van der Waals surface area contributed by atoms with Gasteiger partial charge in [-0.3, -0.25) is 4.79 Å². The van der Waals surface area contributed by atoms with E-state index in [1.807, 2.05) is 45.9 Å². The van der Waals surface area contributed by atoms with Crippen molar-refractivity contribution in [2.75, 3.05) is 0 Å². The van der Waals surface area contributed by atoms with E-state index in [0.717, 1.165) is 11.7 Å². The SMILES string of the molecule is CC1(C)OB(c2ccccc2C=O)OC1(C)C.F[N]=[W]. The van der Waals surface area contributed by atoms with Gasteiger partial charge in [-0.2, -0.15) is 0 Å². The fraction of sp³-hybridized carbons (Fsp3) is 0.462. The number of carbonyl (C=O) groups excluding carboxylic acids is 1. The molecule has 20 heavy (non-hydrogen) atoms. The van der Waals surface area contributed by atoms with Gasteiger partial charge in [0, 0.05) is 5.56 Å². The van der Waals surface area contributed by atoms with Crippen LogP contribution in [-0.2, 0) is 28.9 Å². The minimum atomic E-state index is -0.471. The summed E-state index contributed by atoms with van der Waals surface area (Å²) in [5.41, 5.74) is 0.647. The molecule has 2 rings (SSSR count). The van der Waals surface area contributed by atoms with Gasteiger partial charge in [0.15, 0.2) is 0 Å². The van der Waals surface area contributed by atoms with Crippen LogP contribution in [0.5, 0.6) is 0 Å². The summed E-state index contributed by atoms with van der Waals surface area (Å²) in [5.74, 6) is 0. The fourth-order valence-corrected chi connectivity index (χ4v) is 1.80. The number of hydrogen-bond acceptors (Lipinski definition) is 4. The van der Waals surface area contributed by atoms with Crippen molar-refractivity contribution in [3.05, 3.63) is 29.8 Å². The molecule has 0 unspecified atom stereocenters. The summed E-state index contributed by atoms with van der Waals surface area (Å²) < 4.78 is 23.9. The van der Waals surface area contributed by atoms with Crippen LogP contribution in [0.15, 0.2) is 28.0 Å². The van der Waals surface area contributed by atoms with Crippen LogP contribution in [0.1, 0.15) is 38.1 Å². The maximum atomic E-state index is 11.0. The van der Waals surface area contributed by atoms with Crippen LogP contribution in [0.4, 0.5) is 4.48 Å². The molecule has 1 saturated heterocycles. The molecule has 1 aromatic rings. The zero-order valence-corrected chi connectivity index (χ0v) is 14.9. The summed E-state index contributed by atoms with van der Waals surface area (Å²) in [7, 11) is -0.471. The summed E-state index contributed by atoms with van der Waals surface area (Å²) in [6.45, 7) is 7.99. The average molecular weight is 449 g/mol. The third kappa shape index (κ3) is 3.69. The molecule has 0 radical (unpaired) electrons. The summed E-state index contributed by atoms with van der Waals surface area (Å²) in [4.78, 5) is 11.0. The molecule has 0 atom stereocenters. The molecule has 1 aliphatic rings. The second-order valence-electron chi connectivity index (χ2n) is 5.40. The van der Waals surface area contributed by atoms with E-state index >= 15 is 0 Å². The van der Waals surface area contributed by atoms with Crippen molar-refractivity contribution in [3.63, 3.8) is 0 Å². The molecule has 0 amide bonds. The number of benzene rings is 1. The van der Waals surface area contributed by atoms with Gasteiger partial charge in [0.25, 0.3) is 0 Å². The van der Waals surface area contributed by atoms with Crippen molar-refractivity contribution in [3.8, 4) is 0 Å². The number of hydrogen-bond donors (Lipinski definition) is 0. The Labute approximate surface area is 129 Å². The molecule has 0 aliphatic carbocycles. The zero-order chi connectivity index (χ0) is 15.4. The Hall–Kier alpha value is -0.707. The van der Waals surface area contributed by atoms with Crippen LogP contribution in [0.25, 0.3) is 0 Å². The van der Waals surface area contributed by atoms with Gasteiger partial charge in [-0.1, -0.05) is 24.3 Å². The van der Waals surface area contributed by atoms with E-state index in [-0.39, 0.29) is 11.2 Å². The van der Waals surface area contributed by atoms with Crippen LogP contribution in [0.3, 0.4) is 0 Å². The molecule has 0 aromatic heterocycles. The maximum absolute atomic E-state index is 11.0. The van der Waals surface area contributed by atoms with Crippen LogP contribution in [0.2, 0.25) is 0 Å². The summed E-state index contributed by atoms with van der Waals surface area (Å²) >= 11 is 0.630. The molecule has 0 spiro atoms. The zero-order valence-electron chi connectivity index (χ0n) is 11.9. The molecule has 1 aromatic carbocycles. The molecule has 0 N–H and O–H groups in total. The number of aldehydes is 1.